The number of likely N-dealkylation sites (tertiary alicyclic amines) is 2. The molecule has 2 aliphatic heterocycles. The molecule has 2 amide bonds. The number of amides is 2. The molecule has 8 aromatic rings. The first-order valence-corrected chi connectivity index (χ1v) is 36.3. The lowest BCUT2D eigenvalue weighted by Gasteiger charge is -2.33. The van der Waals surface area contributed by atoms with Crippen LogP contribution in [0, 0.1) is 11.6 Å². The summed E-state index contributed by atoms with van der Waals surface area (Å²) in [7, 11) is -2.50. The Morgan fingerprint density at radius 3 is 1.45 bits per heavy atom. The highest BCUT2D eigenvalue weighted by Crippen LogP contribution is 2.36. The molecule has 2 aliphatic rings. The van der Waals surface area contributed by atoms with Crippen molar-refractivity contribution in [2.24, 2.45) is 0 Å². The predicted molar refractivity (Wildman–Crippen MR) is 325 cm³/mol. The van der Waals surface area contributed by atoms with E-state index in [0.717, 1.165) is 23.8 Å². The molecule has 10 rings (SSSR count). The summed E-state index contributed by atoms with van der Waals surface area (Å²) >= 11 is 0. The Balaban J connectivity index is 0.000000204. The number of hydrogen-bond acceptors (Lipinski definition) is 14. The summed E-state index contributed by atoms with van der Waals surface area (Å²) in [5.74, 6) is -1.88. The lowest BCUT2D eigenvalue weighted by atomic mass is 10.1. The molecule has 1 N–H and O–H groups in total. The van der Waals surface area contributed by atoms with Gasteiger partial charge in [0.2, 0.25) is 0 Å². The Kier molecular flexibility index (Phi) is 18.1. The topological polar surface area (TPSA) is 229 Å². The van der Waals surface area contributed by atoms with E-state index in [-0.39, 0.29) is 54.6 Å². The molecule has 25 heteroatoms. The number of carbonyl (C=O) groups excluding carboxylic acids is 3. The van der Waals surface area contributed by atoms with Crippen LogP contribution in [0.1, 0.15) is 100 Å². The Hall–Kier alpha value is -7.49. The number of aromatic carboxylic acids is 1. The number of rotatable bonds is 16. The number of hydrogen-bond donors (Lipinski definition) is 1. The number of carbonyl (C=O) groups is 4. The van der Waals surface area contributed by atoms with E-state index in [1.165, 1.54) is 30.5 Å². The zero-order valence-corrected chi connectivity index (χ0v) is 52.7. The molecule has 0 saturated carbocycles. The van der Waals surface area contributed by atoms with Gasteiger partial charge in [-0.25, -0.2) is 43.1 Å². The predicted octanol–water partition coefficient (Wildman–Crippen LogP) is 12.5. The van der Waals surface area contributed by atoms with Gasteiger partial charge in [0.25, 0.3) is 0 Å². The molecular weight excluding hydrogens is 1130 g/mol. The van der Waals surface area contributed by atoms with Crippen LogP contribution in [0.4, 0.5) is 18.4 Å². The van der Waals surface area contributed by atoms with Crippen molar-refractivity contribution < 1.29 is 52.0 Å². The van der Waals surface area contributed by atoms with Crippen molar-refractivity contribution in [1.82, 2.24) is 58.4 Å². The van der Waals surface area contributed by atoms with Crippen molar-refractivity contribution in [1.29, 1.82) is 0 Å². The molecule has 8 heterocycles. The van der Waals surface area contributed by atoms with Crippen LogP contribution in [0.2, 0.25) is 51.4 Å². The van der Waals surface area contributed by atoms with Crippen LogP contribution in [-0.2, 0) is 32.4 Å². The summed E-state index contributed by atoms with van der Waals surface area (Å²) in [4.78, 5) is 71.3. The molecule has 0 unspecified atom stereocenters. The van der Waals surface area contributed by atoms with Crippen LogP contribution in [0.25, 0.3) is 66.9 Å². The van der Waals surface area contributed by atoms with Crippen molar-refractivity contribution in [3.63, 3.8) is 0 Å². The van der Waals surface area contributed by atoms with Gasteiger partial charge in [0, 0.05) is 78.7 Å². The Labute approximate surface area is 494 Å². The summed E-state index contributed by atoms with van der Waals surface area (Å²) in [6.07, 6.45) is 9.00. The number of ether oxygens (including phenoxy) is 4. The summed E-state index contributed by atoms with van der Waals surface area (Å²) in [6, 6.07) is 10.9. The van der Waals surface area contributed by atoms with Gasteiger partial charge in [-0.05, 0) is 116 Å². The Morgan fingerprint density at radius 2 is 1.05 bits per heavy atom. The summed E-state index contributed by atoms with van der Waals surface area (Å²) in [5.41, 5.74) is 4.09. The highest BCUT2D eigenvalue weighted by molar-refractivity contribution is 6.76. The van der Waals surface area contributed by atoms with Crippen LogP contribution < -0.4 is 0 Å². The van der Waals surface area contributed by atoms with Gasteiger partial charge in [-0.3, -0.25) is 14.2 Å². The van der Waals surface area contributed by atoms with Gasteiger partial charge in [0.15, 0.2) is 17.6 Å². The molecule has 2 aromatic carbocycles. The van der Waals surface area contributed by atoms with E-state index >= 15 is 0 Å². The minimum absolute atomic E-state index is 0.0162. The second kappa shape index (κ2) is 24.8. The fraction of sp³-hybridized carbons (Fsp3) is 0.500. The van der Waals surface area contributed by atoms with Gasteiger partial charge in [-0.15, -0.1) is 0 Å². The van der Waals surface area contributed by atoms with Gasteiger partial charge in [0.1, 0.15) is 75.7 Å². The van der Waals surface area contributed by atoms with Crippen molar-refractivity contribution in [3.8, 4) is 22.8 Å². The average Bonchev–Trinajstić information content (AvgIpc) is 3.19. The molecule has 0 atom stereocenters. The Morgan fingerprint density at radius 1 is 0.635 bits per heavy atom. The first kappa shape index (κ1) is 62.1. The molecule has 0 spiro atoms. The smallest absolute Gasteiger partial charge is 0.410 e. The van der Waals surface area contributed by atoms with Gasteiger partial charge < -0.3 is 43.0 Å². The number of benzene rings is 2. The number of nitrogens with zero attached hydrogens (tertiary/aromatic N) is 12. The van der Waals surface area contributed by atoms with Crippen LogP contribution in [-0.4, -0.2) is 155 Å². The second-order valence-corrected chi connectivity index (χ2v) is 37.6. The van der Waals surface area contributed by atoms with Gasteiger partial charge in [0.05, 0.1) is 41.1 Å². The highest BCUT2D eigenvalue weighted by Gasteiger charge is 2.32. The van der Waals surface area contributed by atoms with Crippen LogP contribution in [0.3, 0.4) is 0 Å². The number of piperidine rings is 2. The van der Waals surface area contributed by atoms with Gasteiger partial charge >= 0.3 is 18.2 Å². The van der Waals surface area contributed by atoms with E-state index in [0.29, 0.717) is 127 Å². The second-order valence-electron chi connectivity index (χ2n) is 26.3. The van der Waals surface area contributed by atoms with E-state index in [4.69, 9.17) is 39.1 Å². The molecule has 2 fully saturated rings. The molecule has 0 aliphatic carbocycles. The maximum atomic E-state index is 14.5. The zero-order valence-electron chi connectivity index (χ0n) is 50.7. The van der Waals surface area contributed by atoms with Crippen LogP contribution >= 0.6 is 0 Å². The third kappa shape index (κ3) is 15.0. The number of carboxylic acid groups (broad SMARTS) is 1. The first-order valence-electron chi connectivity index (χ1n) is 28.9. The maximum Gasteiger partial charge on any atom is 0.410 e. The minimum atomic E-state index is -1.27. The molecule has 0 bridgehead atoms. The van der Waals surface area contributed by atoms with Crippen molar-refractivity contribution in [2.75, 3.05) is 39.4 Å². The van der Waals surface area contributed by atoms with Crippen molar-refractivity contribution in [2.45, 2.75) is 155 Å². The number of halogens is 2. The first-order chi connectivity index (χ1) is 40.0. The van der Waals surface area contributed by atoms with Gasteiger partial charge in [-0.2, -0.15) is 10.2 Å². The number of aromatic nitrogens is 10. The maximum absolute atomic E-state index is 14.5. The lowest BCUT2D eigenvalue weighted by molar-refractivity contribution is 0.0176. The standard InChI is InChI=1S/C30H39FN6O5Si.C30H39FN6O4Si/c1-30(2,3)42-29(40)35-11-9-20(10-12-35)37-24-15-19(31)7-8-21(24)25(34-37)23-16-32-27-26(33-23)22(28(38)39)17-36(27)18-41-13-14-43(4,5)6;1-30(2,3)41-29(39)35-11-9-22(10-12-35)37-25-15-21(31)7-8-23(25)27(34-37)24-16-32-28-26(33-24)20(18-38)17-36(28)19-40-13-14-42(4,5)6/h7-8,15-17,20H,9-14,18H2,1-6H3,(H,38,39);7-8,15-18,22H,9-14,19H2,1-6H3. The third-order valence-electron chi connectivity index (χ3n) is 14.7. The molecule has 21 nitrogen and oxygen atoms in total. The molecule has 6 aromatic heterocycles. The van der Waals surface area contributed by atoms with Crippen LogP contribution in [0.15, 0.2) is 61.2 Å². The van der Waals surface area contributed by atoms with Crippen molar-refractivity contribution in [3.05, 3.63) is 83.9 Å². The molecule has 2 saturated heterocycles. The van der Waals surface area contributed by atoms with Crippen molar-refractivity contribution >= 4 is 84.7 Å². The normalized spacial score (nSPS) is 15.0. The minimum Gasteiger partial charge on any atom is -0.478 e. The summed E-state index contributed by atoms with van der Waals surface area (Å²) in [5, 5.41) is 21.1. The average molecular weight is 1210 g/mol. The molecule has 0 radical (unpaired) electrons. The summed E-state index contributed by atoms with van der Waals surface area (Å²) < 4.78 is 58.8. The van der Waals surface area contributed by atoms with E-state index < -0.39 is 39.1 Å². The number of carboxylic acids is 1. The number of aldehydes is 1. The third-order valence-corrected chi connectivity index (χ3v) is 18.1. The molecule has 454 valence electrons. The molecular formula is C60H78F2N12O9Si2. The highest BCUT2D eigenvalue weighted by atomic mass is 28.3. The monoisotopic (exact) mass is 1200 g/mol. The zero-order chi connectivity index (χ0) is 61.3. The lowest BCUT2D eigenvalue weighted by Crippen LogP contribution is -2.42. The van der Waals surface area contributed by atoms with E-state index in [1.54, 1.807) is 54.3 Å². The summed E-state index contributed by atoms with van der Waals surface area (Å²) in [6.45, 7) is 28.4. The van der Waals surface area contributed by atoms with E-state index in [1.807, 2.05) is 46.2 Å². The SMILES string of the molecule is CC(C)(C)OC(=O)N1CCC(n2nc(-c3cnc4c(n3)c(C(=O)O)cn4COCC[Si](C)(C)C)c3ccc(F)cc32)CC1.CC(C)(C)OC(=O)N1CCC(n2nc(-c3cnc4c(n3)c(C=O)cn4COCC[Si](C)(C)C)c3ccc(F)cc32)CC1. The number of fused-ring (bicyclic) bond motifs is 4. The quantitative estimate of drug-likeness (QED) is 0.0539. The van der Waals surface area contributed by atoms with E-state index in [9.17, 15) is 33.1 Å². The van der Waals surface area contributed by atoms with E-state index in [2.05, 4.69) is 49.3 Å². The van der Waals surface area contributed by atoms with Crippen LogP contribution in [0.5, 0.6) is 0 Å². The molecule has 85 heavy (non-hydrogen) atoms. The largest absolute Gasteiger partial charge is 0.478 e. The fourth-order valence-corrected chi connectivity index (χ4v) is 11.8. The van der Waals surface area contributed by atoms with Gasteiger partial charge in [-0.1, -0.05) is 39.3 Å². The fourth-order valence-electron chi connectivity index (χ4n) is 10.3. The Bertz CT molecular complexity index is 3760.